The van der Waals surface area contributed by atoms with Crippen molar-refractivity contribution in [3.8, 4) is 0 Å². The van der Waals surface area contributed by atoms with Gasteiger partial charge in [0, 0.05) is 16.6 Å². The molecule has 2 aromatic carbocycles. The number of hydrogen-bond acceptors (Lipinski definition) is 4. The first kappa shape index (κ1) is 26.9. The molecule has 0 heterocycles. The Labute approximate surface area is 205 Å². The van der Waals surface area contributed by atoms with Crippen LogP contribution >= 0.6 is 15.9 Å². The molecular weight excluding hydrogens is 506 g/mol. The molecule has 33 heavy (non-hydrogen) atoms. The summed E-state index contributed by atoms with van der Waals surface area (Å²) in [5, 5.41) is 2.90. The maximum Gasteiger partial charge on any atom is 0.244 e. The van der Waals surface area contributed by atoms with Crippen LogP contribution in [-0.2, 0) is 26.2 Å². The van der Waals surface area contributed by atoms with Crippen molar-refractivity contribution in [1.82, 2.24) is 10.2 Å². The molecule has 1 N–H and O–H groups in total. The van der Waals surface area contributed by atoms with Gasteiger partial charge in [0.1, 0.15) is 12.6 Å². The fourth-order valence-electron chi connectivity index (χ4n) is 3.17. The van der Waals surface area contributed by atoms with E-state index in [2.05, 4.69) is 21.2 Å². The number of anilines is 1. The first-order valence-electron chi connectivity index (χ1n) is 10.6. The molecule has 0 saturated carbocycles. The summed E-state index contributed by atoms with van der Waals surface area (Å²) in [6.45, 7) is 8.88. The van der Waals surface area contributed by atoms with Gasteiger partial charge in [0.05, 0.1) is 11.9 Å². The Morgan fingerprint density at radius 1 is 1.03 bits per heavy atom. The summed E-state index contributed by atoms with van der Waals surface area (Å²) in [6, 6.07) is 13.5. The summed E-state index contributed by atoms with van der Waals surface area (Å²) in [7, 11) is -3.73. The van der Waals surface area contributed by atoms with Crippen LogP contribution in [0.5, 0.6) is 0 Å². The number of nitrogens with one attached hydrogen (secondary N) is 1. The van der Waals surface area contributed by atoms with Crippen LogP contribution in [0, 0.1) is 6.92 Å². The average molecular weight is 539 g/mol. The normalized spacial score (nSPS) is 12.7. The molecule has 0 aliphatic rings. The summed E-state index contributed by atoms with van der Waals surface area (Å²) in [5.41, 5.74) is 1.72. The van der Waals surface area contributed by atoms with E-state index in [1.54, 1.807) is 31.2 Å². The SMILES string of the molecule is Cc1ccc(N(CC(=O)N(Cc2ccc(Br)cc2)C(C)C(=O)NC(C)(C)C)S(C)(=O)=O)cc1. The maximum atomic E-state index is 13.5. The lowest BCUT2D eigenvalue weighted by Crippen LogP contribution is -2.54. The second-order valence-electron chi connectivity index (χ2n) is 9.17. The molecule has 0 spiro atoms. The monoisotopic (exact) mass is 537 g/mol. The summed E-state index contributed by atoms with van der Waals surface area (Å²) in [6.07, 6.45) is 1.06. The van der Waals surface area contributed by atoms with Crippen molar-refractivity contribution in [2.45, 2.75) is 52.7 Å². The van der Waals surface area contributed by atoms with Gasteiger partial charge in [-0.2, -0.15) is 0 Å². The minimum Gasteiger partial charge on any atom is -0.350 e. The van der Waals surface area contributed by atoms with Gasteiger partial charge in [-0.3, -0.25) is 13.9 Å². The van der Waals surface area contributed by atoms with E-state index in [9.17, 15) is 18.0 Å². The number of rotatable bonds is 8. The first-order chi connectivity index (χ1) is 15.2. The molecule has 2 rings (SSSR count). The van der Waals surface area contributed by atoms with E-state index in [1.165, 1.54) is 4.90 Å². The van der Waals surface area contributed by atoms with E-state index < -0.39 is 34.1 Å². The van der Waals surface area contributed by atoms with Crippen LogP contribution in [0.15, 0.2) is 53.0 Å². The molecule has 7 nitrogen and oxygen atoms in total. The third-order valence-corrected chi connectivity index (χ3v) is 6.60. The van der Waals surface area contributed by atoms with Gasteiger partial charge in [0.2, 0.25) is 21.8 Å². The van der Waals surface area contributed by atoms with Gasteiger partial charge >= 0.3 is 0 Å². The molecule has 1 unspecified atom stereocenters. The zero-order valence-electron chi connectivity index (χ0n) is 19.9. The van der Waals surface area contributed by atoms with E-state index in [-0.39, 0.29) is 12.5 Å². The number of amides is 2. The molecule has 2 aromatic rings. The molecule has 0 aliphatic heterocycles. The van der Waals surface area contributed by atoms with E-state index in [0.29, 0.717) is 5.69 Å². The van der Waals surface area contributed by atoms with Crippen molar-refractivity contribution < 1.29 is 18.0 Å². The number of halogens is 1. The number of hydrogen-bond donors (Lipinski definition) is 1. The third kappa shape index (κ3) is 8.16. The molecule has 1 atom stereocenters. The molecule has 0 radical (unpaired) electrons. The molecule has 0 fully saturated rings. The quantitative estimate of drug-likeness (QED) is 0.553. The van der Waals surface area contributed by atoms with Crippen LogP contribution < -0.4 is 9.62 Å². The number of carbonyl (C=O) groups is 2. The number of nitrogens with zero attached hydrogens (tertiary/aromatic N) is 2. The largest absolute Gasteiger partial charge is 0.350 e. The van der Waals surface area contributed by atoms with Crippen molar-refractivity contribution in [2.75, 3.05) is 17.1 Å². The second kappa shape index (κ2) is 10.7. The van der Waals surface area contributed by atoms with Gasteiger partial charge in [-0.15, -0.1) is 0 Å². The van der Waals surface area contributed by atoms with Crippen LogP contribution in [0.4, 0.5) is 5.69 Å². The number of benzene rings is 2. The van der Waals surface area contributed by atoms with Gasteiger partial charge < -0.3 is 10.2 Å². The van der Waals surface area contributed by atoms with Crippen molar-refractivity contribution >= 4 is 43.5 Å². The lowest BCUT2D eigenvalue weighted by atomic mass is 10.1. The van der Waals surface area contributed by atoms with Gasteiger partial charge in [0.25, 0.3) is 0 Å². The second-order valence-corrected chi connectivity index (χ2v) is 12.0. The van der Waals surface area contributed by atoms with E-state index in [0.717, 1.165) is 26.2 Å². The van der Waals surface area contributed by atoms with E-state index in [1.807, 2.05) is 52.0 Å². The Morgan fingerprint density at radius 2 is 1.58 bits per heavy atom. The first-order valence-corrected chi connectivity index (χ1v) is 13.2. The minimum absolute atomic E-state index is 0.163. The summed E-state index contributed by atoms with van der Waals surface area (Å²) < 4.78 is 27.0. The highest BCUT2D eigenvalue weighted by Crippen LogP contribution is 2.20. The van der Waals surface area contributed by atoms with Gasteiger partial charge in [-0.1, -0.05) is 45.8 Å². The molecule has 0 aromatic heterocycles. The molecule has 0 saturated heterocycles. The standard InChI is InChI=1S/C24H32BrN3O4S/c1-17-7-13-21(14-8-17)28(33(6,31)32)16-22(29)27(15-19-9-11-20(25)12-10-19)18(2)23(30)26-24(3,4)5/h7-14,18H,15-16H2,1-6H3,(H,26,30). The molecule has 0 aliphatic carbocycles. The Hall–Kier alpha value is -2.39. The van der Waals surface area contributed by atoms with Gasteiger partial charge in [-0.05, 0) is 64.4 Å². The summed E-state index contributed by atoms with van der Waals surface area (Å²) in [4.78, 5) is 27.8. The Morgan fingerprint density at radius 3 is 2.06 bits per heavy atom. The fraction of sp³-hybridized carbons (Fsp3) is 0.417. The predicted octanol–water partition coefficient (Wildman–Crippen LogP) is 3.86. The molecule has 9 heteroatoms. The Kier molecular flexibility index (Phi) is 8.70. The van der Waals surface area contributed by atoms with Gasteiger partial charge in [0.15, 0.2) is 0 Å². The molecule has 2 amide bonds. The van der Waals surface area contributed by atoms with Crippen LogP contribution in [0.25, 0.3) is 0 Å². The minimum atomic E-state index is -3.73. The predicted molar refractivity (Wildman–Crippen MR) is 135 cm³/mol. The van der Waals surface area contributed by atoms with E-state index in [4.69, 9.17) is 0 Å². The lowest BCUT2D eigenvalue weighted by Gasteiger charge is -2.33. The van der Waals surface area contributed by atoms with Crippen LogP contribution in [-0.4, -0.2) is 49.5 Å². The Balaban J connectivity index is 2.38. The Bertz CT molecular complexity index is 1080. The number of carbonyl (C=O) groups excluding carboxylic acids is 2. The molecular formula is C24H32BrN3O4S. The number of aryl methyl sites for hydroxylation is 1. The zero-order chi connectivity index (χ0) is 25.0. The molecule has 180 valence electrons. The van der Waals surface area contributed by atoms with Crippen molar-refractivity contribution in [3.05, 3.63) is 64.1 Å². The van der Waals surface area contributed by atoms with Crippen LogP contribution in [0.3, 0.4) is 0 Å². The number of sulfonamides is 1. The smallest absolute Gasteiger partial charge is 0.244 e. The highest BCUT2D eigenvalue weighted by atomic mass is 79.9. The highest BCUT2D eigenvalue weighted by Gasteiger charge is 2.31. The summed E-state index contributed by atoms with van der Waals surface area (Å²) >= 11 is 3.39. The topological polar surface area (TPSA) is 86.8 Å². The highest BCUT2D eigenvalue weighted by molar-refractivity contribution is 9.10. The van der Waals surface area contributed by atoms with Crippen LogP contribution in [0.2, 0.25) is 0 Å². The van der Waals surface area contributed by atoms with Crippen LogP contribution in [0.1, 0.15) is 38.8 Å². The van der Waals surface area contributed by atoms with Crippen molar-refractivity contribution in [3.63, 3.8) is 0 Å². The maximum absolute atomic E-state index is 13.5. The fourth-order valence-corrected chi connectivity index (χ4v) is 4.28. The third-order valence-electron chi connectivity index (χ3n) is 4.93. The summed E-state index contributed by atoms with van der Waals surface area (Å²) in [5.74, 6) is -0.783. The van der Waals surface area contributed by atoms with Crippen molar-refractivity contribution in [2.24, 2.45) is 0 Å². The zero-order valence-corrected chi connectivity index (χ0v) is 22.3. The average Bonchev–Trinajstić information content (AvgIpc) is 2.69. The lowest BCUT2D eigenvalue weighted by molar-refractivity contribution is -0.140. The molecule has 0 bridgehead atoms. The van der Waals surface area contributed by atoms with Crippen molar-refractivity contribution in [1.29, 1.82) is 0 Å². The van der Waals surface area contributed by atoms with E-state index >= 15 is 0 Å². The van der Waals surface area contributed by atoms with Gasteiger partial charge in [-0.25, -0.2) is 8.42 Å².